The first-order valence-electron chi connectivity index (χ1n) is 5.57. The summed E-state index contributed by atoms with van der Waals surface area (Å²) in [6.45, 7) is 4.05. The number of carbonyl (C=O) groups excluding carboxylic acids is 1. The van der Waals surface area contributed by atoms with Gasteiger partial charge in [-0.15, -0.1) is 0 Å². The van der Waals surface area contributed by atoms with E-state index in [0.29, 0.717) is 5.95 Å². The molecule has 1 heterocycles. The van der Waals surface area contributed by atoms with Crippen LogP contribution in [0.1, 0.15) is 16.7 Å². The molecule has 2 aromatic rings. The van der Waals surface area contributed by atoms with Crippen LogP contribution in [0.15, 0.2) is 30.6 Å². The Labute approximate surface area is 105 Å². The predicted octanol–water partition coefficient (Wildman–Crippen LogP) is 2.07. The zero-order valence-corrected chi connectivity index (χ0v) is 10.3. The van der Waals surface area contributed by atoms with Gasteiger partial charge in [-0.1, -0.05) is 23.8 Å². The van der Waals surface area contributed by atoms with Crippen molar-refractivity contribution in [3.8, 4) is 0 Å². The largest absolute Gasteiger partial charge is 0.291 e. The molecular formula is C13H14N4O. The summed E-state index contributed by atoms with van der Waals surface area (Å²) in [4.78, 5) is 15.4. The average molecular weight is 242 g/mol. The fourth-order valence-corrected chi connectivity index (χ4v) is 1.60. The quantitative estimate of drug-likeness (QED) is 0.809. The van der Waals surface area contributed by atoms with Gasteiger partial charge >= 0.3 is 0 Å². The maximum atomic E-state index is 11.6. The van der Waals surface area contributed by atoms with Crippen LogP contribution in [0, 0.1) is 13.8 Å². The monoisotopic (exact) mass is 242 g/mol. The van der Waals surface area contributed by atoms with Gasteiger partial charge in [0.1, 0.15) is 6.33 Å². The van der Waals surface area contributed by atoms with Crippen LogP contribution in [0.2, 0.25) is 0 Å². The summed E-state index contributed by atoms with van der Waals surface area (Å²) in [5.41, 5.74) is 3.36. The number of aryl methyl sites for hydroxylation is 2. The molecule has 0 unspecified atom stereocenters. The summed E-state index contributed by atoms with van der Waals surface area (Å²) in [6, 6.07) is 6.08. The molecule has 0 aliphatic carbocycles. The Morgan fingerprint density at radius 3 is 2.89 bits per heavy atom. The first kappa shape index (κ1) is 12.0. The number of carbonyl (C=O) groups is 1. The number of nitrogens with zero attached hydrogens (tertiary/aromatic N) is 2. The lowest BCUT2D eigenvalue weighted by Crippen LogP contribution is -2.09. The number of H-pyrrole nitrogens is 1. The molecule has 0 atom stereocenters. The van der Waals surface area contributed by atoms with Crippen molar-refractivity contribution < 1.29 is 4.79 Å². The highest BCUT2D eigenvalue weighted by Gasteiger charge is 2.00. The fraction of sp³-hybridized carbons (Fsp3) is 0.154. The zero-order chi connectivity index (χ0) is 13.0. The first-order chi connectivity index (χ1) is 8.65. The SMILES string of the molecule is Cc1ccc(/C=C/C(=O)Nc2ncn[nH]2)c(C)c1. The summed E-state index contributed by atoms with van der Waals surface area (Å²) in [7, 11) is 0. The molecule has 2 N–H and O–H groups in total. The standard InChI is InChI=1S/C13H14N4O/c1-9-3-4-11(10(2)7-9)5-6-12(18)16-13-14-8-15-17-13/h3-8H,1-2H3,(H2,14,15,16,17,18)/b6-5+. The Morgan fingerprint density at radius 1 is 1.39 bits per heavy atom. The summed E-state index contributed by atoms with van der Waals surface area (Å²) in [5, 5.41) is 8.77. The lowest BCUT2D eigenvalue weighted by atomic mass is 10.1. The van der Waals surface area contributed by atoms with Crippen LogP contribution < -0.4 is 5.32 Å². The van der Waals surface area contributed by atoms with E-state index >= 15 is 0 Å². The molecule has 0 radical (unpaired) electrons. The van der Waals surface area contributed by atoms with Gasteiger partial charge in [-0.2, -0.15) is 10.1 Å². The average Bonchev–Trinajstić information content (AvgIpc) is 2.80. The third-order valence-corrected chi connectivity index (χ3v) is 2.50. The van der Waals surface area contributed by atoms with E-state index < -0.39 is 0 Å². The number of anilines is 1. The molecule has 0 saturated heterocycles. The molecule has 0 aliphatic rings. The second kappa shape index (κ2) is 5.27. The van der Waals surface area contributed by atoms with E-state index in [1.165, 1.54) is 18.0 Å². The van der Waals surface area contributed by atoms with Crippen molar-refractivity contribution in [3.63, 3.8) is 0 Å². The highest BCUT2D eigenvalue weighted by molar-refractivity contribution is 6.00. The van der Waals surface area contributed by atoms with Gasteiger partial charge in [0.05, 0.1) is 0 Å². The Morgan fingerprint density at radius 2 is 2.22 bits per heavy atom. The lowest BCUT2D eigenvalue weighted by Gasteiger charge is -2.01. The van der Waals surface area contributed by atoms with E-state index in [2.05, 4.69) is 26.6 Å². The Kier molecular flexibility index (Phi) is 3.52. The van der Waals surface area contributed by atoms with Gasteiger partial charge in [-0.25, -0.2) is 5.10 Å². The molecule has 0 bridgehead atoms. The zero-order valence-electron chi connectivity index (χ0n) is 10.3. The molecule has 0 aliphatic heterocycles. The van der Waals surface area contributed by atoms with Crippen molar-refractivity contribution in [1.82, 2.24) is 15.2 Å². The fourth-order valence-electron chi connectivity index (χ4n) is 1.60. The van der Waals surface area contributed by atoms with E-state index in [1.54, 1.807) is 6.08 Å². The third-order valence-electron chi connectivity index (χ3n) is 2.50. The first-order valence-corrected chi connectivity index (χ1v) is 5.57. The molecule has 5 heteroatoms. The van der Waals surface area contributed by atoms with E-state index in [9.17, 15) is 4.79 Å². The number of aromatic amines is 1. The Bertz CT molecular complexity index is 573. The number of benzene rings is 1. The third kappa shape index (κ3) is 3.04. The Hall–Kier alpha value is -2.43. The molecule has 5 nitrogen and oxygen atoms in total. The number of hydrogen-bond acceptors (Lipinski definition) is 3. The molecule has 1 amide bonds. The molecule has 0 saturated carbocycles. The van der Waals surface area contributed by atoms with Crippen LogP contribution >= 0.6 is 0 Å². The van der Waals surface area contributed by atoms with Crippen molar-refractivity contribution in [1.29, 1.82) is 0 Å². The van der Waals surface area contributed by atoms with Gasteiger partial charge in [0.2, 0.25) is 5.95 Å². The van der Waals surface area contributed by atoms with Crippen molar-refractivity contribution in [2.45, 2.75) is 13.8 Å². The van der Waals surface area contributed by atoms with E-state index in [-0.39, 0.29) is 5.91 Å². The van der Waals surface area contributed by atoms with Crippen LogP contribution in [0.3, 0.4) is 0 Å². The number of hydrogen-bond donors (Lipinski definition) is 2. The van der Waals surface area contributed by atoms with Crippen molar-refractivity contribution in [2.75, 3.05) is 5.32 Å². The summed E-state index contributed by atoms with van der Waals surface area (Å²) >= 11 is 0. The molecule has 0 spiro atoms. The van der Waals surface area contributed by atoms with Crippen LogP contribution in [-0.4, -0.2) is 21.1 Å². The van der Waals surface area contributed by atoms with Crippen LogP contribution in [0.5, 0.6) is 0 Å². The second-order valence-corrected chi connectivity index (χ2v) is 4.02. The van der Waals surface area contributed by atoms with Gasteiger partial charge in [0, 0.05) is 6.08 Å². The smallest absolute Gasteiger partial charge is 0.250 e. The molecule has 92 valence electrons. The van der Waals surface area contributed by atoms with Crippen LogP contribution in [0.25, 0.3) is 6.08 Å². The van der Waals surface area contributed by atoms with E-state index in [0.717, 1.165) is 11.1 Å². The summed E-state index contributed by atoms with van der Waals surface area (Å²) < 4.78 is 0. The van der Waals surface area contributed by atoms with Crippen molar-refractivity contribution >= 4 is 17.9 Å². The van der Waals surface area contributed by atoms with Gasteiger partial charge in [-0.3, -0.25) is 10.1 Å². The van der Waals surface area contributed by atoms with E-state index in [1.807, 2.05) is 26.0 Å². The molecule has 1 aromatic heterocycles. The second-order valence-electron chi connectivity index (χ2n) is 4.02. The minimum absolute atomic E-state index is 0.244. The maximum absolute atomic E-state index is 11.6. The van der Waals surface area contributed by atoms with Crippen LogP contribution in [-0.2, 0) is 4.79 Å². The molecule has 2 rings (SSSR count). The normalized spacial score (nSPS) is 10.8. The van der Waals surface area contributed by atoms with Crippen LogP contribution in [0.4, 0.5) is 5.95 Å². The number of rotatable bonds is 3. The molecule has 1 aromatic carbocycles. The molecule has 0 fully saturated rings. The number of amides is 1. The highest BCUT2D eigenvalue weighted by Crippen LogP contribution is 2.12. The van der Waals surface area contributed by atoms with Gasteiger partial charge in [-0.05, 0) is 31.1 Å². The maximum Gasteiger partial charge on any atom is 0.250 e. The van der Waals surface area contributed by atoms with E-state index in [4.69, 9.17) is 0 Å². The predicted molar refractivity (Wildman–Crippen MR) is 70.0 cm³/mol. The van der Waals surface area contributed by atoms with Gasteiger partial charge < -0.3 is 0 Å². The van der Waals surface area contributed by atoms with Gasteiger partial charge in [0.15, 0.2) is 0 Å². The number of aromatic nitrogens is 3. The Balaban J connectivity index is 2.04. The van der Waals surface area contributed by atoms with Crippen molar-refractivity contribution in [2.24, 2.45) is 0 Å². The summed E-state index contributed by atoms with van der Waals surface area (Å²) in [6.07, 6.45) is 4.59. The minimum Gasteiger partial charge on any atom is -0.291 e. The topological polar surface area (TPSA) is 70.7 Å². The molecule has 18 heavy (non-hydrogen) atoms. The molecular weight excluding hydrogens is 228 g/mol. The summed E-state index contributed by atoms with van der Waals surface area (Å²) in [5.74, 6) is 0.0944. The number of nitrogens with one attached hydrogen (secondary N) is 2. The lowest BCUT2D eigenvalue weighted by molar-refractivity contribution is -0.111. The van der Waals surface area contributed by atoms with Crippen molar-refractivity contribution in [3.05, 3.63) is 47.3 Å². The highest BCUT2D eigenvalue weighted by atomic mass is 16.1. The minimum atomic E-state index is -0.244. The van der Waals surface area contributed by atoms with Gasteiger partial charge in [0.25, 0.3) is 5.91 Å².